The van der Waals surface area contributed by atoms with E-state index in [4.69, 9.17) is 26.5 Å². The van der Waals surface area contributed by atoms with Gasteiger partial charge in [0.15, 0.2) is 5.69 Å². The zero-order valence-electron chi connectivity index (χ0n) is 15.1. The number of amides is 1. The average molecular weight is 400 g/mol. The van der Waals surface area contributed by atoms with Crippen LogP contribution in [0.4, 0.5) is 0 Å². The number of hydrogen-bond donors (Lipinski definition) is 2. The molecule has 0 fully saturated rings. The standard InChI is InChI=1S/C19H18ClN5O3/c1-12(22-19(27)18-9-15(5-7-26)28-24-18)11-25-6-4-17(23-25)13-2-3-14(10-21)16(20)8-13/h2-4,6,8-9,12,26H,5,7,11H2,1H3,(H,22,27). The maximum atomic E-state index is 12.2. The van der Waals surface area contributed by atoms with Gasteiger partial charge in [0.1, 0.15) is 11.8 Å². The van der Waals surface area contributed by atoms with Crippen LogP contribution >= 0.6 is 11.6 Å². The number of aliphatic hydroxyl groups excluding tert-OH is 1. The van der Waals surface area contributed by atoms with Crippen LogP contribution in [0.15, 0.2) is 41.1 Å². The highest BCUT2D eigenvalue weighted by atomic mass is 35.5. The van der Waals surface area contributed by atoms with Crippen LogP contribution in [0.25, 0.3) is 11.3 Å². The summed E-state index contributed by atoms with van der Waals surface area (Å²) in [6.07, 6.45) is 2.12. The van der Waals surface area contributed by atoms with Gasteiger partial charge in [-0.25, -0.2) is 0 Å². The predicted molar refractivity (Wildman–Crippen MR) is 102 cm³/mol. The summed E-state index contributed by atoms with van der Waals surface area (Å²) in [6.45, 7) is 2.24. The Morgan fingerprint density at radius 1 is 1.43 bits per heavy atom. The molecule has 28 heavy (non-hydrogen) atoms. The third-order valence-corrected chi connectivity index (χ3v) is 4.33. The summed E-state index contributed by atoms with van der Waals surface area (Å²) >= 11 is 6.08. The van der Waals surface area contributed by atoms with Crippen LogP contribution in [0.2, 0.25) is 5.02 Å². The van der Waals surface area contributed by atoms with E-state index in [0.717, 1.165) is 11.3 Å². The number of rotatable bonds is 7. The highest BCUT2D eigenvalue weighted by molar-refractivity contribution is 6.32. The maximum Gasteiger partial charge on any atom is 0.273 e. The Morgan fingerprint density at radius 3 is 2.96 bits per heavy atom. The summed E-state index contributed by atoms with van der Waals surface area (Å²) in [5, 5.41) is 29.2. The summed E-state index contributed by atoms with van der Waals surface area (Å²) in [4.78, 5) is 12.2. The van der Waals surface area contributed by atoms with Crippen LogP contribution in [0, 0.1) is 11.3 Å². The lowest BCUT2D eigenvalue weighted by molar-refractivity contribution is 0.0927. The second-order valence-corrected chi connectivity index (χ2v) is 6.66. The molecular weight excluding hydrogens is 382 g/mol. The SMILES string of the molecule is CC(Cn1ccc(-c2ccc(C#N)c(Cl)c2)n1)NC(=O)c1cc(CCO)on1. The summed E-state index contributed by atoms with van der Waals surface area (Å²) < 4.78 is 6.70. The fourth-order valence-electron chi connectivity index (χ4n) is 2.65. The average Bonchev–Trinajstić information content (AvgIpc) is 3.31. The zero-order chi connectivity index (χ0) is 20.1. The molecule has 0 bridgehead atoms. The molecule has 144 valence electrons. The van der Waals surface area contributed by atoms with E-state index in [-0.39, 0.29) is 24.2 Å². The van der Waals surface area contributed by atoms with Gasteiger partial charge in [0.05, 0.1) is 29.4 Å². The van der Waals surface area contributed by atoms with E-state index >= 15 is 0 Å². The van der Waals surface area contributed by atoms with Gasteiger partial charge in [-0.1, -0.05) is 22.8 Å². The van der Waals surface area contributed by atoms with Crippen molar-refractivity contribution >= 4 is 17.5 Å². The molecule has 8 nitrogen and oxygen atoms in total. The molecule has 2 aromatic heterocycles. The van der Waals surface area contributed by atoms with Crippen LogP contribution in [-0.4, -0.2) is 38.6 Å². The Labute approximate surface area is 166 Å². The molecule has 9 heteroatoms. The number of nitriles is 1. The minimum atomic E-state index is -0.355. The van der Waals surface area contributed by atoms with E-state index in [2.05, 4.69) is 15.6 Å². The number of aromatic nitrogens is 3. The molecule has 1 atom stereocenters. The first kappa shape index (κ1) is 19.6. The Kier molecular flexibility index (Phi) is 6.09. The smallest absolute Gasteiger partial charge is 0.273 e. The van der Waals surface area contributed by atoms with Gasteiger partial charge in [-0.15, -0.1) is 0 Å². The van der Waals surface area contributed by atoms with E-state index in [1.54, 1.807) is 29.1 Å². The van der Waals surface area contributed by atoms with Crippen molar-refractivity contribution in [2.75, 3.05) is 6.61 Å². The highest BCUT2D eigenvalue weighted by Crippen LogP contribution is 2.24. The minimum Gasteiger partial charge on any atom is -0.396 e. The minimum absolute atomic E-state index is 0.0707. The number of halogens is 1. The van der Waals surface area contributed by atoms with Gasteiger partial charge in [0.2, 0.25) is 0 Å². The predicted octanol–water partition coefficient (Wildman–Crippen LogP) is 2.42. The van der Waals surface area contributed by atoms with Crippen molar-refractivity contribution in [3.05, 3.63) is 58.6 Å². The first-order chi connectivity index (χ1) is 13.5. The number of nitrogens with zero attached hydrogens (tertiary/aromatic N) is 4. The molecule has 0 spiro atoms. The molecule has 0 saturated heterocycles. The van der Waals surface area contributed by atoms with Crippen molar-refractivity contribution < 1.29 is 14.4 Å². The molecule has 1 amide bonds. The third-order valence-electron chi connectivity index (χ3n) is 4.01. The van der Waals surface area contributed by atoms with Crippen molar-refractivity contribution in [2.45, 2.75) is 25.9 Å². The van der Waals surface area contributed by atoms with E-state index < -0.39 is 0 Å². The van der Waals surface area contributed by atoms with Gasteiger partial charge in [-0.2, -0.15) is 10.4 Å². The fourth-order valence-corrected chi connectivity index (χ4v) is 2.88. The normalized spacial score (nSPS) is 11.8. The second kappa shape index (κ2) is 8.69. The lowest BCUT2D eigenvalue weighted by Gasteiger charge is -2.12. The molecule has 3 rings (SSSR count). The maximum absolute atomic E-state index is 12.2. The van der Waals surface area contributed by atoms with Crippen LogP contribution in [0.3, 0.4) is 0 Å². The molecule has 2 heterocycles. The van der Waals surface area contributed by atoms with E-state index in [1.165, 1.54) is 6.07 Å². The molecule has 1 aromatic carbocycles. The molecule has 0 aliphatic heterocycles. The molecule has 3 aromatic rings. The molecule has 1 unspecified atom stereocenters. The monoisotopic (exact) mass is 399 g/mol. The topological polar surface area (TPSA) is 117 Å². The Morgan fingerprint density at radius 2 is 2.25 bits per heavy atom. The Bertz CT molecular complexity index is 1020. The molecule has 0 radical (unpaired) electrons. The molecule has 0 saturated carbocycles. The van der Waals surface area contributed by atoms with Crippen molar-refractivity contribution in [3.63, 3.8) is 0 Å². The van der Waals surface area contributed by atoms with Crippen LogP contribution in [-0.2, 0) is 13.0 Å². The van der Waals surface area contributed by atoms with Gasteiger partial charge >= 0.3 is 0 Å². The lowest BCUT2D eigenvalue weighted by Crippen LogP contribution is -2.36. The van der Waals surface area contributed by atoms with Crippen LogP contribution in [0.5, 0.6) is 0 Å². The second-order valence-electron chi connectivity index (χ2n) is 6.26. The highest BCUT2D eigenvalue weighted by Gasteiger charge is 2.15. The van der Waals surface area contributed by atoms with Crippen molar-refractivity contribution in [2.24, 2.45) is 0 Å². The number of hydrogen-bond acceptors (Lipinski definition) is 6. The number of carbonyl (C=O) groups is 1. The first-order valence-corrected chi connectivity index (χ1v) is 8.98. The third kappa shape index (κ3) is 4.57. The lowest BCUT2D eigenvalue weighted by atomic mass is 10.1. The molecule has 0 aliphatic rings. The van der Waals surface area contributed by atoms with Gasteiger partial charge in [0, 0.05) is 30.3 Å². The number of benzene rings is 1. The molecule has 0 aliphatic carbocycles. The summed E-state index contributed by atoms with van der Waals surface area (Å²) in [5.74, 6) is 0.102. The number of nitrogens with one attached hydrogen (secondary N) is 1. The van der Waals surface area contributed by atoms with Crippen molar-refractivity contribution in [3.8, 4) is 17.3 Å². The van der Waals surface area contributed by atoms with Crippen LogP contribution < -0.4 is 5.32 Å². The van der Waals surface area contributed by atoms with Crippen molar-refractivity contribution in [1.82, 2.24) is 20.3 Å². The van der Waals surface area contributed by atoms with Crippen molar-refractivity contribution in [1.29, 1.82) is 5.26 Å². The fraction of sp³-hybridized carbons (Fsp3) is 0.263. The summed E-state index contributed by atoms with van der Waals surface area (Å²) in [6, 6.07) is 10.3. The van der Waals surface area contributed by atoms with Gasteiger partial charge < -0.3 is 14.9 Å². The summed E-state index contributed by atoms with van der Waals surface area (Å²) in [5.41, 5.74) is 2.10. The van der Waals surface area contributed by atoms with Gasteiger partial charge in [0.25, 0.3) is 5.91 Å². The molecule has 2 N–H and O–H groups in total. The van der Waals surface area contributed by atoms with Crippen LogP contribution in [0.1, 0.15) is 28.7 Å². The number of aliphatic hydroxyl groups is 1. The zero-order valence-corrected chi connectivity index (χ0v) is 15.8. The Hall–Kier alpha value is -3.15. The van der Waals surface area contributed by atoms with Gasteiger partial charge in [-0.05, 0) is 25.1 Å². The van der Waals surface area contributed by atoms with E-state index in [0.29, 0.717) is 29.3 Å². The summed E-state index contributed by atoms with van der Waals surface area (Å²) in [7, 11) is 0. The van der Waals surface area contributed by atoms with E-state index in [1.807, 2.05) is 19.1 Å². The van der Waals surface area contributed by atoms with Gasteiger partial charge in [-0.3, -0.25) is 9.48 Å². The van der Waals surface area contributed by atoms with E-state index in [9.17, 15) is 4.79 Å². The first-order valence-electron chi connectivity index (χ1n) is 8.61. The number of carbonyl (C=O) groups excluding carboxylic acids is 1. The molecular formula is C19H18ClN5O3. The largest absolute Gasteiger partial charge is 0.396 e. The Balaban J connectivity index is 1.62. The quantitative estimate of drug-likeness (QED) is 0.630.